The summed E-state index contributed by atoms with van der Waals surface area (Å²) in [6, 6.07) is 28.3. The van der Waals surface area contributed by atoms with E-state index in [0.29, 0.717) is 0 Å². The number of allylic oxidation sites excluding steroid dienone is 2. The molecule has 0 N–H and O–H groups in total. The van der Waals surface area contributed by atoms with Crippen molar-refractivity contribution in [2.24, 2.45) is 0 Å². The van der Waals surface area contributed by atoms with Crippen molar-refractivity contribution in [3.63, 3.8) is 0 Å². The fraction of sp³-hybridized carbons (Fsp3) is 0.429. The summed E-state index contributed by atoms with van der Waals surface area (Å²) >= 11 is -0.762. The van der Waals surface area contributed by atoms with Gasteiger partial charge in [-0.05, 0) is 0 Å². The van der Waals surface area contributed by atoms with Gasteiger partial charge in [-0.25, -0.2) is 0 Å². The van der Waals surface area contributed by atoms with Crippen molar-refractivity contribution in [3.05, 3.63) is 77.3 Å². The first kappa shape index (κ1) is 25.9. The second-order valence-corrected chi connectivity index (χ2v) is 24.1. The third-order valence-electron chi connectivity index (χ3n) is 9.48. The number of halogens is 2. The van der Waals surface area contributed by atoms with Gasteiger partial charge in [-0.15, -0.1) is 0 Å². The molecule has 0 radical (unpaired) electrons. The fourth-order valence-corrected chi connectivity index (χ4v) is 25.3. The van der Waals surface area contributed by atoms with Crippen molar-refractivity contribution in [1.29, 1.82) is 0 Å². The molecular weight excluding hydrogens is 555 g/mol. The molecule has 0 amide bonds. The monoisotopic (exact) mass is 586 g/mol. The predicted molar refractivity (Wildman–Crippen MR) is 135 cm³/mol. The first-order chi connectivity index (χ1) is 15.2. The van der Waals surface area contributed by atoms with Crippen molar-refractivity contribution in [3.8, 4) is 0 Å². The first-order valence-electron chi connectivity index (χ1n) is 12.6. The number of rotatable bonds is 6. The molecule has 2 atom stereocenters. The first-order valence-corrected chi connectivity index (χ1v) is 20.4. The van der Waals surface area contributed by atoms with Crippen LogP contribution >= 0.6 is 0 Å². The molecule has 2 aromatic carbocycles. The van der Waals surface area contributed by atoms with Gasteiger partial charge in [0.1, 0.15) is 0 Å². The van der Waals surface area contributed by atoms with Gasteiger partial charge in [-0.3, -0.25) is 0 Å². The molecule has 2 fully saturated rings. The van der Waals surface area contributed by atoms with E-state index in [-0.39, 0.29) is 24.8 Å². The van der Waals surface area contributed by atoms with E-state index in [4.69, 9.17) is 0 Å². The maximum Gasteiger partial charge on any atom is -1.00 e. The van der Waals surface area contributed by atoms with Crippen molar-refractivity contribution < 1.29 is 48.0 Å². The van der Waals surface area contributed by atoms with E-state index in [0.717, 1.165) is 11.1 Å². The van der Waals surface area contributed by atoms with E-state index in [1.807, 2.05) is 6.56 Å². The molecule has 2 aliphatic carbocycles. The third-order valence-corrected chi connectivity index (χ3v) is 26.4. The Hall–Kier alpha value is -0.183. The van der Waals surface area contributed by atoms with E-state index in [9.17, 15) is 0 Å². The van der Waals surface area contributed by atoms with Crippen LogP contribution in [0.5, 0.6) is 0 Å². The zero-order chi connectivity index (χ0) is 21.1. The van der Waals surface area contributed by atoms with Crippen LogP contribution in [0.2, 0.25) is 36.3 Å². The van der Waals surface area contributed by atoms with Gasteiger partial charge in [0, 0.05) is 0 Å². The Morgan fingerprint density at radius 1 is 0.667 bits per heavy atom. The van der Waals surface area contributed by atoms with Gasteiger partial charge in [-0.1, -0.05) is 0 Å². The molecule has 0 saturated carbocycles. The Kier molecular flexibility index (Phi) is 7.89. The number of benzene rings is 2. The minimum absolute atomic E-state index is 0. The molecule has 0 aromatic heterocycles. The molecule has 2 saturated heterocycles. The van der Waals surface area contributed by atoms with E-state index < -0.39 is 39.4 Å². The molecule has 2 aliphatic heterocycles. The van der Waals surface area contributed by atoms with Gasteiger partial charge in [0.15, 0.2) is 0 Å². The smallest absolute Gasteiger partial charge is 1.00 e. The minimum atomic E-state index is -1.16. The summed E-state index contributed by atoms with van der Waals surface area (Å²) in [5.74, 6) is 0. The van der Waals surface area contributed by atoms with Crippen molar-refractivity contribution in [1.82, 2.24) is 0 Å². The SMILES string of the molecule is CC[Si]1(C2[C]([Zr+2][C]3=Cc4ccccc4C3[Si]3(CC)CCC3)=Cc3ccccc32)CCC1.[Cl-].[Cl-]. The standard InChI is InChI=1S/2C14H17Si.2ClH.Zr/c2*1-2-15(10-5-11-15)14-9-8-12-6-3-4-7-13(12)14;;;/h2*3-4,6-8,14H,2,5,10-11H2,1H3;2*1H;/q;;;;+2/p-2. The summed E-state index contributed by atoms with van der Waals surface area (Å²) in [6.07, 6.45) is 8.41. The molecule has 33 heavy (non-hydrogen) atoms. The molecule has 6 rings (SSSR count). The van der Waals surface area contributed by atoms with Crippen LogP contribution in [0.3, 0.4) is 0 Å². The molecule has 5 heteroatoms. The summed E-state index contributed by atoms with van der Waals surface area (Å²) in [5.41, 5.74) is 8.33. The van der Waals surface area contributed by atoms with Crippen LogP contribution in [-0.4, -0.2) is 16.1 Å². The van der Waals surface area contributed by atoms with Crippen LogP contribution < -0.4 is 24.8 Å². The van der Waals surface area contributed by atoms with Gasteiger partial charge < -0.3 is 24.8 Å². The summed E-state index contributed by atoms with van der Waals surface area (Å²) in [6.45, 7) is 5.05. The maximum absolute atomic E-state index is 2.71. The average Bonchev–Trinajstić information content (AvgIpc) is 3.27. The van der Waals surface area contributed by atoms with Crippen LogP contribution in [-0.2, 0) is 23.2 Å². The minimum Gasteiger partial charge on any atom is -1.00 e. The summed E-state index contributed by atoms with van der Waals surface area (Å²) in [4.78, 5) is 0. The van der Waals surface area contributed by atoms with E-state index >= 15 is 0 Å². The van der Waals surface area contributed by atoms with E-state index in [1.54, 1.807) is 46.4 Å². The van der Waals surface area contributed by atoms with Crippen molar-refractivity contribution in [2.75, 3.05) is 0 Å². The number of fused-ring (bicyclic) bond motifs is 2. The summed E-state index contributed by atoms with van der Waals surface area (Å²) < 4.78 is 3.92. The topological polar surface area (TPSA) is 0 Å². The zero-order valence-electron chi connectivity index (χ0n) is 19.8. The molecule has 2 heterocycles. The van der Waals surface area contributed by atoms with Crippen LogP contribution in [0, 0.1) is 0 Å². The largest absolute Gasteiger partial charge is 1.00 e. The van der Waals surface area contributed by atoms with Crippen molar-refractivity contribution >= 4 is 28.3 Å². The summed E-state index contributed by atoms with van der Waals surface area (Å²) in [7, 11) is -2.32. The Morgan fingerprint density at radius 3 is 1.39 bits per heavy atom. The normalized spacial score (nSPS) is 25.0. The third kappa shape index (κ3) is 4.03. The molecule has 2 aromatic rings. The average molecular weight is 589 g/mol. The Balaban J connectivity index is 0.00000130. The number of hydrogen-bond donors (Lipinski definition) is 0. The second kappa shape index (κ2) is 10.1. The molecule has 0 bridgehead atoms. The van der Waals surface area contributed by atoms with Gasteiger partial charge >= 0.3 is 203 Å². The van der Waals surface area contributed by atoms with Crippen molar-refractivity contribution in [2.45, 2.75) is 74.0 Å². The van der Waals surface area contributed by atoms with E-state index in [1.165, 1.54) is 24.9 Å². The Morgan fingerprint density at radius 2 is 1.06 bits per heavy atom. The Bertz CT molecular complexity index is 988. The Labute approximate surface area is 226 Å². The molecule has 0 nitrogen and oxygen atoms in total. The van der Waals surface area contributed by atoms with Gasteiger partial charge in [0.25, 0.3) is 0 Å². The predicted octanol–water partition coefficient (Wildman–Crippen LogP) is 2.18. The van der Waals surface area contributed by atoms with Crippen LogP contribution in [0.25, 0.3) is 12.2 Å². The maximum atomic E-state index is 2.71. The molecular formula is C28H34Cl2Si2Zr. The molecule has 172 valence electrons. The number of hydrogen-bond acceptors (Lipinski definition) is 0. The zero-order valence-corrected chi connectivity index (χ0v) is 25.8. The molecule has 2 unspecified atom stereocenters. The quantitative estimate of drug-likeness (QED) is 0.454. The second-order valence-electron chi connectivity index (χ2n) is 10.6. The summed E-state index contributed by atoms with van der Waals surface area (Å²) in [5, 5.41) is 0. The van der Waals surface area contributed by atoms with Crippen LogP contribution in [0.1, 0.15) is 60.0 Å². The molecule has 0 spiro atoms. The molecule has 4 aliphatic rings. The van der Waals surface area contributed by atoms with Crippen LogP contribution in [0.4, 0.5) is 0 Å². The van der Waals surface area contributed by atoms with E-state index in [2.05, 4.69) is 74.5 Å². The van der Waals surface area contributed by atoms with Gasteiger partial charge in [-0.2, -0.15) is 0 Å². The van der Waals surface area contributed by atoms with Crippen LogP contribution in [0.15, 0.2) is 55.1 Å². The van der Waals surface area contributed by atoms with Gasteiger partial charge in [0.2, 0.25) is 0 Å². The fourth-order valence-electron chi connectivity index (χ4n) is 7.30. The van der Waals surface area contributed by atoms with Gasteiger partial charge in [0.05, 0.1) is 0 Å².